The Morgan fingerprint density at radius 2 is 1.94 bits per heavy atom. The van der Waals surface area contributed by atoms with Crippen LogP contribution in [0.5, 0.6) is 0 Å². The molecule has 0 radical (unpaired) electrons. The smallest absolute Gasteiger partial charge is 0.407 e. The van der Waals surface area contributed by atoms with Gasteiger partial charge in [-0.1, -0.05) is 13.8 Å². The molecule has 1 aromatic heterocycles. The van der Waals surface area contributed by atoms with E-state index in [1.54, 1.807) is 0 Å². The largest absolute Gasteiger partial charge is 0.495 e. The highest BCUT2D eigenvalue weighted by Crippen LogP contribution is 2.21. The lowest BCUT2D eigenvalue weighted by atomic mass is 9.77. The Bertz CT molecular complexity index is 390. The van der Waals surface area contributed by atoms with Crippen LogP contribution in [-0.4, -0.2) is 25.3 Å². The number of hydrogen-bond acceptors (Lipinski definition) is 3. The number of pyridine rings is 1. The lowest BCUT2D eigenvalue weighted by Gasteiger charge is -2.32. The van der Waals surface area contributed by atoms with Crippen molar-refractivity contribution >= 4 is 12.6 Å². The van der Waals surface area contributed by atoms with Crippen LogP contribution in [0.15, 0.2) is 12.3 Å². The summed E-state index contributed by atoms with van der Waals surface area (Å²) in [7, 11) is -0.657. The Balaban J connectivity index is 2.11. The van der Waals surface area contributed by atoms with Gasteiger partial charge in [0.1, 0.15) is 0 Å². The molecule has 0 N–H and O–H groups in total. The number of rotatable bonds is 1. The van der Waals surface area contributed by atoms with E-state index in [4.69, 9.17) is 9.31 Å². The third-order valence-corrected chi connectivity index (χ3v) is 2.34. The predicted molar refractivity (Wildman–Crippen MR) is 55.2 cm³/mol. The summed E-state index contributed by atoms with van der Waals surface area (Å²) in [4.78, 5) is 3.29. The van der Waals surface area contributed by atoms with Crippen LogP contribution in [-0.2, 0) is 9.31 Å². The van der Waals surface area contributed by atoms with E-state index in [1.165, 1.54) is 6.20 Å². The van der Waals surface area contributed by atoms with Crippen LogP contribution in [0.2, 0.25) is 0 Å². The highest BCUT2D eigenvalue weighted by molar-refractivity contribution is 6.61. The monoisotopic (exact) mass is 227 g/mol. The molecule has 2 heterocycles. The molecule has 0 atom stereocenters. The van der Waals surface area contributed by atoms with E-state index in [0.717, 1.165) is 6.07 Å². The van der Waals surface area contributed by atoms with Gasteiger partial charge in [0, 0.05) is 30.3 Å². The number of halogens is 2. The van der Waals surface area contributed by atoms with Crippen molar-refractivity contribution in [1.82, 2.24) is 4.98 Å². The molecular weight excluding hydrogens is 215 g/mol. The van der Waals surface area contributed by atoms with Gasteiger partial charge in [-0.3, -0.25) is 0 Å². The second-order valence-corrected chi connectivity index (χ2v) is 4.66. The van der Waals surface area contributed by atoms with Gasteiger partial charge in [-0.05, 0) is 6.07 Å². The van der Waals surface area contributed by atoms with Gasteiger partial charge in [-0.15, -0.1) is 0 Å². The lowest BCUT2D eigenvalue weighted by molar-refractivity contribution is 0.0342. The quantitative estimate of drug-likeness (QED) is 0.532. The Hall–Kier alpha value is -1.01. The minimum atomic E-state index is -1.11. The van der Waals surface area contributed by atoms with Crippen LogP contribution in [0.1, 0.15) is 13.8 Å². The normalized spacial score (nSPS) is 19.9. The zero-order valence-electron chi connectivity index (χ0n) is 9.17. The summed E-state index contributed by atoms with van der Waals surface area (Å²) < 4.78 is 36.4. The van der Waals surface area contributed by atoms with Gasteiger partial charge in [-0.25, -0.2) is 9.37 Å². The Kier molecular flexibility index (Phi) is 2.94. The first kappa shape index (κ1) is 11.5. The molecule has 0 aromatic carbocycles. The maximum atomic E-state index is 12.9. The Morgan fingerprint density at radius 3 is 2.50 bits per heavy atom. The lowest BCUT2D eigenvalue weighted by Crippen LogP contribution is -2.47. The predicted octanol–water partition coefficient (Wildman–Crippen LogP) is 1.13. The number of aromatic nitrogens is 1. The topological polar surface area (TPSA) is 31.4 Å². The zero-order chi connectivity index (χ0) is 11.8. The van der Waals surface area contributed by atoms with Crippen LogP contribution >= 0.6 is 0 Å². The molecule has 1 fully saturated rings. The summed E-state index contributed by atoms with van der Waals surface area (Å²) in [5.41, 5.74) is 0.345. The van der Waals surface area contributed by atoms with E-state index in [9.17, 15) is 8.78 Å². The average molecular weight is 227 g/mol. The molecule has 6 heteroatoms. The Labute approximate surface area is 92.9 Å². The molecule has 16 heavy (non-hydrogen) atoms. The first-order valence-electron chi connectivity index (χ1n) is 5.02. The van der Waals surface area contributed by atoms with Gasteiger partial charge >= 0.3 is 7.12 Å². The van der Waals surface area contributed by atoms with E-state index in [2.05, 4.69) is 4.98 Å². The van der Waals surface area contributed by atoms with E-state index in [0.29, 0.717) is 18.7 Å². The fraction of sp³-hybridized carbons (Fsp3) is 0.500. The third kappa shape index (κ3) is 2.39. The van der Waals surface area contributed by atoms with Crippen molar-refractivity contribution in [3.05, 3.63) is 24.0 Å². The summed E-state index contributed by atoms with van der Waals surface area (Å²) in [5.74, 6) is -2.10. The molecule has 86 valence electrons. The van der Waals surface area contributed by atoms with Crippen molar-refractivity contribution in [3.63, 3.8) is 0 Å². The number of nitrogens with zero attached hydrogens (tertiary/aromatic N) is 1. The van der Waals surface area contributed by atoms with Gasteiger partial charge in [0.15, 0.2) is 5.82 Å². The maximum absolute atomic E-state index is 12.9. The summed E-state index contributed by atoms with van der Waals surface area (Å²) in [5, 5.41) is 0. The molecule has 1 aliphatic heterocycles. The summed E-state index contributed by atoms with van der Waals surface area (Å²) >= 11 is 0. The average Bonchev–Trinajstić information content (AvgIpc) is 2.22. The van der Waals surface area contributed by atoms with Gasteiger partial charge in [0.25, 0.3) is 0 Å². The van der Waals surface area contributed by atoms with Gasteiger partial charge in [0.05, 0.1) is 0 Å². The van der Waals surface area contributed by atoms with Gasteiger partial charge in [-0.2, -0.15) is 4.39 Å². The molecule has 1 aromatic rings. The fourth-order valence-corrected chi connectivity index (χ4v) is 1.45. The highest BCUT2D eigenvalue weighted by Gasteiger charge is 2.34. The molecule has 1 aliphatic rings. The van der Waals surface area contributed by atoms with Crippen LogP contribution in [0.4, 0.5) is 8.78 Å². The second-order valence-electron chi connectivity index (χ2n) is 4.66. The first-order valence-corrected chi connectivity index (χ1v) is 5.02. The van der Waals surface area contributed by atoms with Crippen LogP contribution in [0.25, 0.3) is 0 Å². The minimum absolute atomic E-state index is 0.0531. The van der Waals surface area contributed by atoms with E-state index in [1.807, 2.05) is 13.8 Å². The zero-order valence-corrected chi connectivity index (χ0v) is 9.17. The van der Waals surface area contributed by atoms with Crippen molar-refractivity contribution in [2.24, 2.45) is 5.41 Å². The third-order valence-electron chi connectivity index (χ3n) is 2.34. The van der Waals surface area contributed by atoms with Crippen molar-refractivity contribution in [2.45, 2.75) is 13.8 Å². The van der Waals surface area contributed by atoms with Gasteiger partial charge < -0.3 is 9.31 Å². The standard InChI is InChI=1S/C10H12BF2NO2/c1-10(2)5-15-11(16-6-10)7-3-8(12)9(13)14-4-7/h3-4H,5-6H2,1-2H3. The molecule has 0 unspecified atom stereocenters. The SMILES string of the molecule is CC1(C)COB(c2cnc(F)c(F)c2)OC1. The molecule has 0 bridgehead atoms. The fourth-order valence-electron chi connectivity index (χ4n) is 1.45. The van der Waals surface area contributed by atoms with Crippen LogP contribution < -0.4 is 5.46 Å². The molecule has 2 rings (SSSR count). The van der Waals surface area contributed by atoms with Crippen molar-refractivity contribution in [1.29, 1.82) is 0 Å². The van der Waals surface area contributed by atoms with Crippen LogP contribution in [0, 0.1) is 17.2 Å². The van der Waals surface area contributed by atoms with E-state index in [-0.39, 0.29) is 5.41 Å². The first-order chi connectivity index (χ1) is 7.48. The second kappa shape index (κ2) is 4.10. The van der Waals surface area contributed by atoms with E-state index >= 15 is 0 Å². The molecule has 1 saturated heterocycles. The molecule has 0 amide bonds. The molecule has 0 spiro atoms. The maximum Gasteiger partial charge on any atom is 0.495 e. The van der Waals surface area contributed by atoms with Gasteiger partial charge in [0.2, 0.25) is 5.95 Å². The summed E-state index contributed by atoms with van der Waals surface area (Å²) in [6.45, 7) is 5.03. The number of hydrogen-bond donors (Lipinski definition) is 0. The molecule has 0 aliphatic carbocycles. The summed E-state index contributed by atoms with van der Waals surface area (Å²) in [6, 6.07) is 1.05. The molecule has 0 saturated carbocycles. The Morgan fingerprint density at radius 1 is 1.31 bits per heavy atom. The van der Waals surface area contributed by atoms with Crippen LogP contribution in [0.3, 0.4) is 0 Å². The summed E-state index contributed by atoms with van der Waals surface area (Å²) in [6.07, 6.45) is 1.22. The van der Waals surface area contributed by atoms with Crippen molar-refractivity contribution < 1.29 is 18.1 Å². The minimum Gasteiger partial charge on any atom is -0.407 e. The van der Waals surface area contributed by atoms with Crippen molar-refractivity contribution in [3.8, 4) is 0 Å². The molecular formula is C10H12BF2NO2. The van der Waals surface area contributed by atoms with Crippen molar-refractivity contribution in [2.75, 3.05) is 13.2 Å². The highest BCUT2D eigenvalue weighted by atomic mass is 19.2. The molecule has 3 nitrogen and oxygen atoms in total. The van der Waals surface area contributed by atoms with E-state index < -0.39 is 18.9 Å².